The largest absolute Gasteiger partial charge is 0.391 e. The van der Waals surface area contributed by atoms with Gasteiger partial charge >= 0.3 is 0 Å². The fraction of sp³-hybridized carbons (Fsp3) is 0.500. The maximum atomic E-state index is 11.1. The highest BCUT2D eigenvalue weighted by atomic mass is 16.3. The minimum Gasteiger partial charge on any atom is -0.391 e. The molecule has 0 amide bonds. The summed E-state index contributed by atoms with van der Waals surface area (Å²) >= 11 is 0. The maximum absolute atomic E-state index is 11.1. The highest BCUT2D eigenvalue weighted by Gasteiger charge is 2.00. The maximum Gasteiger partial charge on any atom is 0.266 e. The van der Waals surface area contributed by atoms with E-state index in [-0.39, 0.29) is 12.1 Å². The predicted molar refractivity (Wildman–Crippen MR) is 44.9 cm³/mol. The molecule has 1 rings (SSSR count). The SMILES string of the molecule is Cc1ccc(=O)n(C[C@H](C)O)n1. The zero-order chi connectivity index (χ0) is 9.14. The van der Waals surface area contributed by atoms with Crippen molar-refractivity contribution in [2.75, 3.05) is 0 Å². The fourth-order valence-corrected chi connectivity index (χ4v) is 0.932. The first-order valence-electron chi connectivity index (χ1n) is 3.82. The average molecular weight is 168 g/mol. The molecule has 0 spiro atoms. The molecule has 0 bridgehead atoms. The van der Waals surface area contributed by atoms with Gasteiger partial charge in [0.05, 0.1) is 18.3 Å². The van der Waals surface area contributed by atoms with Gasteiger partial charge in [0.1, 0.15) is 0 Å². The Morgan fingerprint density at radius 3 is 2.92 bits per heavy atom. The Morgan fingerprint density at radius 1 is 1.67 bits per heavy atom. The molecule has 4 nitrogen and oxygen atoms in total. The van der Waals surface area contributed by atoms with Crippen LogP contribution in [0.15, 0.2) is 16.9 Å². The Bertz CT molecular complexity index is 317. The van der Waals surface area contributed by atoms with E-state index in [1.165, 1.54) is 10.7 Å². The van der Waals surface area contributed by atoms with Crippen molar-refractivity contribution in [2.24, 2.45) is 0 Å². The van der Waals surface area contributed by atoms with Crippen molar-refractivity contribution in [3.63, 3.8) is 0 Å². The Kier molecular flexibility index (Phi) is 2.60. The third-order valence-electron chi connectivity index (χ3n) is 1.44. The van der Waals surface area contributed by atoms with Gasteiger partial charge in [-0.1, -0.05) is 0 Å². The number of nitrogens with zero attached hydrogens (tertiary/aromatic N) is 2. The first-order valence-corrected chi connectivity index (χ1v) is 3.82. The van der Waals surface area contributed by atoms with E-state index in [1.54, 1.807) is 19.9 Å². The highest BCUT2D eigenvalue weighted by Crippen LogP contribution is 1.88. The number of aliphatic hydroxyl groups excluding tert-OH is 1. The van der Waals surface area contributed by atoms with Gasteiger partial charge in [0.15, 0.2) is 0 Å². The highest BCUT2D eigenvalue weighted by molar-refractivity contribution is 4.97. The molecular weight excluding hydrogens is 156 g/mol. The van der Waals surface area contributed by atoms with Crippen molar-refractivity contribution in [1.29, 1.82) is 0 Å². The van der Waals surface area contributed by atoms with E-state index in [0.717, 1.165) is 5.69 Å². The van der Waals surface area contributed by atoms with Crippen LogP contribution in [0.2, 0.25) is 0 Å². The number of hydrogen-bond donors (Lipinski definition) is 1. The van der Waals surface area contributed by atoms with Crippen molar-refractivity contribution in [1.82, 2.24) is 9.78 Å². The molecule has 0 fully saturated rings. The van der Waals surface area contributed by atoms with Crippen LogP contribution in [0.1, 0.15) is 12.6 Å². The minimum absolute atomic E-state index is 0.179. The van der Waals surface area contributed by atoms with E-state index in [1.807, 2.05) is 0 Å². The Hall–Kier alpha value is -1.16. The quantitative estimate of drug-likeness (QED) is 0.672. The normalized spacial score (nSPS) is 12.9. The number of hydrogen-bond acceptors (Lipinski definition) is 3. The summed E-state index contributed by atoms with van der Waals surface area (Å²) in [6.07, 6.45) is -0.544. The molecule has 1 atom stereocenters. The minimum atomic E-state index is -0.544. The van der Waals surface area contributed by atoms with E-state index in [2.05, 4.69) is 5.10 Å². The number of aryl methyl sites for hydroxylation is 1. The second-order valence-corrected chi connectivity index (χ2v) is 2.84. The summed E-state index contributed by atoms with van der Waals surface area (Å²) in [5.41, 5.74) is 0.594. The molecular formula is C8H12N2O2. The molecule has 1 heterocycles. The van der Waals surface area contributed by atoms with Crippen LogP contribution in [0, 0.1) is 6.92 Å². The van der Waals surface area contributed by atoms with Crippen molar-refractivity contribution in [3.05, 3.63) is 28.2 Å². The molecule has 0 unspecified atom stereocenters. The van der Waals surface area contributed by atoms with Crippen LogP contribution in [0.4, 0.5) is 0 Å². The second-order valence-electron chi connectivity index (χ2n) is 2.84. The van der Waals surface area contributed by atoms with Crippen LogP contribution < -0.4 is 5.56 Å². The lowest BCUT2D eigenvalue weighted by atomic mass is 10.4. The number of aromatic nitrogens is 2. The topological polar surface area (TPSA) is 55.1 Å². The third-order valence-corrected chi connectivity index (χ3v) is 1.44. The van der Waals surface area contributed by atoms with Crippen molar-refractivity contribution < 1.29 is 5.11 Å². The van der Waals surface area contributed by atoms with Crippen LogP contribution in [-0.4, -0.2) is 21.0 Å². The summed E-state index contributed by atoms with van der Waals surface area (Å²) in [5.74, 6) is 0. The van der Waals surface area contributed by atoms with Crippen LogP contribution in [0.3, 0.4) is 0 Å². The molecule has 0 saturated carbocycles. The van der Waals surface area contributed by atoms with Gasteiger partial charge in [-0.05, 0) is 19.9 Å². The van der Waals surface area contributed by atoms with Gasteiger partial charge in [-0.25, -0.2) is 4.68 Å². The van der Waals surface area contributed by atoms with Crippen LogP contribution in [-0.2, 0) is 6.54 Å². The Balaban J connectivity index is 2.98. The van der Waals surface area contributed by atoms with Gasteiger partial charge in [-0.2, -0.15) is 5.10 Å². The number of rotatable bonds is 2. The summed E-state index contributed by atoms with van der Waals surface area (Å²) in [6.45, 7) is 3.68. The summed E-state index contributed by atoms with van der Waals surface area (Å²) in [5, 5.41) is 13.0. The molecule has 0 aliphatic carbocycles. The monoisotopic (exact) mass is 168 g/mol. The lowest BCUT2D eigenvalue weighted by Crippen LogP contribution is -2.27. The van der Waals surface area contributed by atoms with Crippen LogP contribution in [0.25, 0.3) is 0 Å². The lowest BCUT2D eigenvalue weighted by Gasteiger charge is -2.06. The van der Waals surface area contributed by atoms with Crippen molar-refractivity contribution >= 4 is 0 Å². The van der Waals surface area contributed by atoms with Crippen molar-refractivity contribution in [2.45, 2.75) is 26.5 Å². The smallest absolute Gasteiger partial charge is 0.266 e. The van der Waals surface area contributed by atoms with E-state index in [9.17, 15) is 4.79 Å². The van der Waals surface area contributed by atoms with Gasteiger partial charge in [-0.3, -0.25) is 4.79 Å². The molecule has 0 saturated heterocycles. The van der Waals surface area contributed by atoms with Crippen molar-refractivity contribution in [3.8, 4) is 0 Å². The third kappa shape index (κ3) is 2.17. The summed E-state index contributed by atoms with van der Waals surface area (Å²) < 4.78 is 1.26. The molecule has 66 valence electrons. The molecule has 0 radical (unpaired) electrons. The molecule has 1 aromatic heterocycles. The van der Waals surface area contributed by atoms with Gasteiger partial charge < -0.3 is 5.11 Å². The Morgan fingerprint density at radius 2 is 2.33 bits per heavy atom. The van der Waals surface area contributed by atoms with Gasteiger partial charge in [0.2, 0.25) is 0 Å². The summed E-state index contributed by atoms with van der Waals surface area (Å²) in [7, 11) is 0. The molecule has 4 heteroatoms. The molecule has 12 heavy (non-hydrogen) atoms. The molecule has 0 aliphatic heterocycles. The first kappa shape index (κ1) is 8.93. The summed E-state index contributed by atoms with van der Waals surface area (Å²) in [6, 6.07) is 3.10. The van der Waals surface area contributed by atoms with E-state index < -0.39 is 6.10 Å². The van der Waals surface area contributed by atoms with E-state index in [4.69, 9.17) is 5.11 Å². The fourth-order valence-electron chi connectivity index (χ4n) is 0.932. The van der Waals surface area contributed by atoms with Gasteiger partial charge in [-0.15, -0.1) is 0 Å². The van der Waals surface area contributed by atoms with Crippen LogP contribution >= 0.6 is 0 Å². The zero-order valence-corrected chi connectivity index (χ0v) is 7.19. The second kappa shape index (κ2) is 3.49. The molecule has 1 aromatic rings. The Labute approximate surface area is 70.5 Å². The van der Waals surface area contributed by atoms with Gasteiger partial charge in [0.25, 0.3) is 5.56 Å². The standard InChI is InChI=1S/C8H12N2O2/c1-6-3-4-8(12)10(9-6)5-7(2)11/h3-4,7,11H,5H2,1-2H3/t7-/m0/s1. The lowest BCUT2D eigenvalue weighted by molar-refractivity contribution is 0.166. The zero-order valence-electron chi connectivity index (χ0n) is 7.19. The predicted octanol–water partition coefficient (Wildman–Crippen LogP) is -0.0675. The van der Waals surface area contributed by atoms with Gasteiger partial charge in [0, 0.05) is 6.07 Å². The molecule has 1 N–H and O–H groups in total. The first-order chi connectivity index (χ1) is 5.59. The molecule has 0 aliphatic rings. The molecule has 0 aromatic carbocycles. The number of aliphatic hydroxyl groups is 1. The van der Waals surface area contributed by atoms with E-state index in [0.29, 0.717) is 0 Å². The average Bonchev–Trinajstić information content (AvgIpc) is 1.96. The van der Waals surface area contributed by atoms with E-state index >= 15 is 0 Å². The summed E-state index contributed by atoms with van der Waals surface area (Å²) in [4.78, 5) is 11.1. The van der Waals surface area contributed by atoms with Crippen LogP contribution in [0.5, 0.6) is 0 Å².